The number of benzene rings is 3. The molecule has 7 heteroatoms. The van der Waals surface area contributed by atoms with E-state index in [1.807, 2.05) is 71.4 Å². The molecular formula is C26H19N3O3S. The molecule has 3 aromatic carbocycles. The monoisotopic (exact) mass is 453 g/mol. The molecule has 0 bridgehead atoms. The van der Waals surface area contributed by atoms with Gasteiger partial charge in [-0.15, -0.1) is 0 Å². The van der Waals surface area contributed by atoms with Crippen molar-refractivity contribution < 1.29 is 14.4 Å². The van der Waals surface area contributed by atoms with Gasteiger partial charge in [0, 0.05) is 28.4 Å². The van der Waals surface area contributed by atoms with Crippen LogP contribution in [0.15, 0.2) is 96.0 Å². The Morgan fingerprint density at radius 3 is 2.30 bits per heavy atom. The van der Waals surface area contributed by atoms with Crippen LogP contribution in [-0.4, -0.2) is 21.6 Å². The number of carbonyl (C=O) groups excluding carboxylic acids is 3. The molecule has 1 saturated heterocycles. The number of rotatable bonds is 5. The predicted molar refractivity (Wildman–Crippen MR) is 132 cm³/mol. The van der Waals surface area contributed by atoms with E-state index >= 15 is 0 Å². The highest BCUT2D eigenvalue weighted by Crippen LogP contribution is 2.36. The molecule has 0 saturated carbocycles. The lowest BCUT2D eigenvalue weighted by Gasteiger charge is -2.11. The summed E-state index contributed by atoms with van der Waals surface area (Å²) in [7, 11) is 0. The Kier molecular flexibility index (Phi) is 5.54. The van der Waals surface area contributed by atoms with Gasteiger partial charge in [0.1, 0.15) is 6.54 Å². The molecule has 1 aliphatic rings. The summed E-state index contributed by atoms with van der Waals surface area (Å²) in [5.41, 5.74) is 2.92. The number of carbonyl (C=O) groups is 3. The van der Waals surface area contributed by atoms with E-state index in [0.29, 0.717) is 10.6 Å². The molecule has 1 aromatic heterocycles. The third kappa shape index (κ3) is 4.18. The van der Waals surface area contributed by atoms with E-state index in [1.165, 1.54) is 4.90 Å². The van der Waals surface area contributed by atoms with Crippen LogP contribution in [0.4, 0.5) is 16.2 Å². The predicted octanol–water partition coefficient (Wildman–Crippen LogP) is 5.52. The Morgan fingerprint density at radius 1 is 0.879 bits per heavy atom. The molecule has 1 fully saturated rings. The van der Waals surface area contributed by atoms with Crippen molar-refractivity contribution in [3.05, 3.63) is 102 Å². The van der Waals surface area contributed by atoms with Crippen LogP contribution < -0.4 is 10.2 Å². The number of nitrogens with zero attached hydrogens (tertiary/aromatic N) is 2. The Balaban J connectivity index is 1.45. The average Bonchev–Trinajstić information content (AvgIpc) is 3.31. The number of thioether (sulfide) groups is 1. The van der Waals surface area contributed by atoms with E-state index in [9.17, 15) is 14.4 Å². The smallest absolute Gasteiger partial charge is 0.298 e. The van der Waals surface area contributed by atoms with Crippen LogP contribution in [0, 0.1) is 0 Å². The molecule has 0 spiro atoms. The molecular weight excluding hydrogens is 434 g/mol. The standard InChI is InChI=1S/C26H19N3O3S/c30-24(27-19-9-3-1-4-10-19)17-28-16-18(21-13-7-8-14-22(21)28)15-23-25(31)29(26(32)33-23)20-11-5-2-6-12-20/h1-16H,17H2,(H,27,30). The quantitative estimate of drug-likeness (QED) is 0.404. The number of anilines is 2. The number of imide groups is 1. The van der Waals surface area contributed by atoms with Gasteiger partial charge < -0.3 is 9.88 Å². The second kappa shape index (κ2) is 8.80. The fourth-order valence-corrected chi connectivity index (χ4v) is 4.64. The summed E-state index contributed by atoms with van der Waals surface area (Å²) >= 11 is 0.915. The maximum atomic E-state index is 13.0. The summed E-state index contributed by atoms with van der Waals surface area (Å²) in [5, 5.41) is 3.46. The molecule has 1 N–H and O–H groups in total. The van der Waals surface area contributed by atoms with Crippen molar-refractivity contribution in [1.82, 2.24) is 4.57 Å². The molecule has 5 rings (SSSR count). The zero-order chi connectivity index (χ0) is 22.8. The molecule has 1 aliphatic heterocycles. The molecule has 0 unspecified atom stereocenters. The highest BCUT2D eigenvalue weighted by molar-refractivity contribution is 8.19. The molecule has 6 nitrogen and oxygen atoms in total. The highest BCUT2D eigenvalue weighted by atomic mass is 32.2. The van der Waals surface area contributed by atoms with Crippen molar-refractivity contribution in [2.45, 2.75) is 6.54 Å². The van der Waals surface area contributed by atoms with Crippen molar-refractivity contribution in [2.24, 2.45) is 0 Å². The second-order valence-electron chi connectivity index (χ2n) is 7.50. The first-order chi connectivity index (χ1) is 16.1. The summed E-state index contributed by atoms with van der Waals surface area (Å²) in [6, 6.07) is 25.8. The van der Waals surface area contributed by atoms with Gasteiger partial charge in [0.25, 0.3) is 11.1 Å². The number of aromatic nitrogens is 1. The minimum Gasteiger partial charge on any atom is -0.337 e. The minimum absolute atomic E-state index is 0.120. The molecule has 4 aromatic rings. The van der Waals surface area contributed by atoms with E-state index in [2.05, 4.69) is 5.32 Å². The fourth-order valence-electron chi connectivity index (χ4n) is 3.81. The molecule has 0 radical (unpaired) electrons. The van der Waals surface area contributed by atoms with E-state index in [4.69, 9.17) is 0 Å². The number of hydrogen-bond acceptors (Lipinski definition) is 4. The minimum atomic E-state index is -0.352. The van der Waals surface area contributed by atoms with Crippen LogP contribution in [0.2, 0.25) is 0 Å². The lowest BCUT2D eigenvalue weighted by molar-refractivity contribution is -0.116. The lowest BCUT2D eigenvalue weighted by Crippen LogP contribution is -2.27. The van der Waals surface area contributed by atoms with E-state index in [0.717, 1.165) is 33.9 Å². The summed E-state index contributed by atoms with van der Waals surface area (Å²) in [6.07, 6.45) is 3.56. The number of fused-ring (bicyclic) bond motifs is 1. The summed E-state index contributed by atoms with van der Waals surface area (Å²) in [4.78, 5) is 39.7. The maximum Gasteiger partial charge on any atom is 0.298 e. The van der Waals surface area contributed by atoms with Crippen LogP contribution in [-0.2, 0) is 16.1 Å². The van der Waals surface area contributed by atoms with Gasteiger partial charge in [0.2, 0.25) is 5.91 Å². The van der Waals surface area contributed by atoms with Crippen molar-refractivity contribution >= 4 is 57.2 Å². The van der Waals surface area contributed by atoms with Gasteiger partial charge in [0.15, 0.2) is 0 Å². The number of hydrogen-bond donors (Lipinski definition) is 1. The van der Waals surface area contributed by atoms with Gasteiger partial charge >= 0.3 is 0 Å². The summed E-state index contributed by atoms with van der Waals surface area (Å²) in [5.74, 6) is -0.507. The summed E-state index contributed by atoms with van der Waals surface area (Å²) < 4.78 is 1.85. The molecule has 162 valence electrons. The third-order valence-corrected chi connectivity index (χ3v) is 6.16. The van der Waals surface area contributed by atoms with Gasteiger partial charge in [-0.3, -0.25) is 14.4 Å². The SMILES string of the molecule is O=C(Cn1cc(C=C2SC(=O)N(c3ccccc3)C2=O)c2ccccc21)Nc1ccccc1. The van der Waals surface area contributed by atoms with Gasteiger partial charge in [-0.25, -0.2) is 4.90 Å². The molecule has 0 atom stereocenters. The fraction of sp³-hybridized carbons (Fsp3) is 0.0385. The first kappa shape index (κ1) is 20.8. The first-order valence-corrected chi connectivity index (χ1v) is 11.2. The Hall–Kier alpha value is -4.10. The second-order valence-corrected chi connectivity index (χ2v) is 8.49. The highest BCUT2D eigenvalue weighted by Gasteiger charge is 2.36. The zero-order valence-corrected chi connectivity index (χ0v) is 18.3. The van der Waals surface area contributed by atoms with E-state index in [1.54, 1.807) is 30.3 Å². The lowest BCUT2D eigenvalue weighted by atomic mass is 10.1. The molecule has 33 heavy (non-hydrogen) atoms. The van der Waals surface area contributed by atoms with Crippen molar-refractivity contribution in [3.8, 4) is 0 Å². The van der Waals surface area contributed by atoms with Gasteiger partial charge in [-0.1, -0.05) is 54.6 Å². The van der Waals surface area contributed by atoms with Crippen LogP contribution in [0.25, 0.3) is 17.0 Å². The topological polar surface area (TPSA) is 71.4 Å². The number of para-hydroxylation sites is 3. The number of amides is 3. The van der Waals surface area contributed by atoms with Gasteiger partial charge in [0.05, 0.1) is 10.6 Å². The molecule has 3 amide bonds. The Bertz CT molecular complexity index is 1390. The van der Waals surface area contributed by atoms with Crippen molar-refractivity contribution in [3.63, 3.8) is 0 Å². The number of nitrogens with one attached hydrogen (secondary N) is 1. The van der Waals surface area contributed by atoms with Gasteiger partial charge in [-0.2, -0.15) is 0 Å². The van der Waals surface area contributed by atoms with Crippen molar-refractivity contribution in [1.29, 1.82) is 0 Å². The van der Waals surface area contributed by atoms with Crippen LogP contribution >= 0.6 is 11.8 Å². The van der Waals surface area contributed by atoms with Crippen LogP contribution in [0.1, 0.15) is 5.56 Å². The maximum absolute atomic E-state index is 13.0. The Labute approximate surface area is 194 Å². The zero-order valence-electron chi connectivity index (χ0n) is 17.5. The van der Waals surface area contributed by atoms with Gasteiger partial charge in [-0.05, 0) is 48.2 Å². The summed E-state index contributed by atoms with van der Waals surface area (Å²) in [6.45, 7) is 0.120. The first-order valence-electron chi connectivity index (χ1n) is 10.4. The molecule has 0 aliphatic carbocycles. The Morgan fingerprint density at radius 2 is 1.55 bits per heavy atom. The third-order valence-electron chi connectivity index (χ3n) is 5.29. The van der Waals surface area contributed by atoms with Crippen molar-refractivity contribution in [2.75, 3.05) is 10.2 Å². The van der Waals surface area contributed by atoms with E-state index in [-0.39, 0.29) is 23.6 Å². The molecule has 2 heterocycles. The average molecular weight is 454 g/mol. The van der Waals surface area contributed by atoms with Crippen LogP contribution in [0.3, 0.4) is 0 Å². The largest absolute Gasteiger partial charge is 0.337 e. The van der Waals surface area contributed by atoms with Crippen LogP contribution in [0.5, 0.6) is 0 Å². The van der Waals surface area contributed by atoms with E-state index < -0.39 is 0 Å². The normalized spacial score (nSPS) is 14.9.